The maximum Gasteiger partial charge on any atom is 0.349 e. The number of nitrogens with two attached hydrogens (primary N) is 1. The molecule has 182 valence electrons. The Balaban J connectivity index is 1.84. The molecule has 36 heavy (non-hydrogen) atoms. The van der Waals surface area contributed by atoms with E-state index < -0.39 is 17.4 Å². The van der Waals surface area contributed by atoms with Crippen molar-refractivity contribution in [2.24, 2.45) is 5.73 Å². The van der Waals surface area contributed by atoms with Crippen LogP contribution >= 0.6 is 0 Å². The molecule has 4 aromatic rings. The van der Waals surface area contributed by atoms with Gasteiger partial charge in [-0.3, -0.25) is 10.4 Å². The summed E-state index contributed by atoms with van der Waals surface area (Å²) in [5, 5.41) is 28.5. The van der Waals surface area contributed by atoms with Crippen molar-refractivity contribution < 1.29 is 13.9 Å². The molecule has 0 amide bonds. The highest BCUT2D eigenvalue weighted by atomic mass is 19.1. The Morgan fingerprint density at radius 3 is 2.72 bits per heavy atom. The van der Waals surface area contributed by atoms with Gasteiger partial charge in [0.25, 0.3) is 0 Å². The molecule has 0 aliphatic rings. The Labute approximate surface area is 204 Å². The number of rotatable bonds is 9. The minimum atomic E-state index is -0.793. The van der Waals surface area contributed by atoms with Gasteiger partial charge in [-0.05, 0) is 30.2 Å². The number of methoxy groups -OCH3 is 1. The van der Waals surface area contributed by atoms with Crippen molar-refractivity contribution in [3.05, 3.63) is 93.5 Å². The fourth-order valence-corrected chi connectivity index (χ4v) is 3.65. The van der Waals surface area contributed by atoms with E-state index in [0.29, 0.717) is 11.3 Å². The fourth-order valence-electron chi connectivity index (χ4n) is 3.65. The van der Waals surface area contributed by atoms with Crippen LogP contribution in [-0.4, -0.2) is 44.5 Å². The fraction of sp³-hybridized carbons (Fsp3) is 0.167. The molecule has 2 aromatic heterocycles. The Morgan fingerprint density at radius 1 is 1.31 bits per heavy atom. The molecular weight excluding hydrogens is 467 g/mol. The van der Waals surface area contributed by atoms with Crippen LogP contribution in [0.1, 0.15) is 28.4 Å². The highest BCUT2D eigenvalue weighted by molar-refractivity contribution is 5.94. The number of halogens is 1. The normalized spacial score (nSPS) is 11.5. The first-order valence-corrected chi connectivity index (χ1v) is 10.7. The highest BCUT2D eigenvalue weighted by Gasteiger charge is 2.27. The maximum absolute atomic E-state index is 15.7. The van der Waals surface area contributed by atoms with E-state index in [1.165, 1.54) is 25.4 Å². The first kappa shape index (κ1) is 24.1. The van der Waals surface area contributed by atoms with Gasteiger partial charge in [0.2, 0.25) is 0 Å². The number of H-pyrrole nitrogens is 1. The summed E-state index contributed by atoms with van der Waals surface area (Å²) in [6, 6.07) is 14.7. The van der Waals surface area contributed by atoms with Crippen LogP contribution < -0.4 is 20.9 Å². The number of hydrogen-bond donors (Lipinski definition) is 3. The van der Waals surface area contributed by atoms with Crippen molar-refractivity contribution >= 4 is 5.84 Å². The van der Waals surface area contributed by atoms with Gasteiger partial charge in [-0.25, -0.2) is 9.18 Å². The lowest BCUT2D eigenvalue weighted by Gasteiger charge is -2.19. The van der Waals surface area contributed by atoms with Crippen molar-refractivity contribution in [2.45, 2.75) is 12.3 Å². The van der Waals surface area contributed by atoms with E-state index >= 15 is 4.39 Å². The zero-order valence-corrected chi connectivity index (χ0v) is 19.1. The van der Waals surface area contributed by atoms with Crippen molar-refractivity contribution in [3.63, 3.8) is 0 Å². The molecule has 0 bridgehead atoms. The van der Waals surface area contributed by atoms with Crippen LogP contribution in [-0.2, 0) is 6.42 Å². The van der Waals surface area contributed by atoms with E-state index in [9.17, 15) is 4.79 Å². The third-order valence-corrected chi connectivity index (χ3v) is 5.39. The summed E-state index contributed by atoms with van der Waals surface area (Å²) in [6.45, 7) is -0.362. The molecule has 12 heteroatoms. The van der Waals surface area contributed by atoms with E-state index in [1.54, 1.807) is 36.4 Å². The van der Waals surface area contributed by atoms with E-state index in [-0.39, 0.29) is 41.8 Å². The number of nitriles is 1. The molecule has 0 aliphatic heterocycles. The summed E-state index contributed by atoms with van der Waals surface area (Å²) in [5.74, 6) is -1.10. The first-order valence-electron chi connectivity index (χ1n) is 10.7. The highest BCUT2D eigenvalue weighted by Crippen LogP contribution is 2.36. The predicted octanol–water partition coefficient (Wildman–Crippen LogP) is 2.06. The van der Waals surface area contributed by atoms with Crippen LogP contribution in [0, 0.1) is 22.6 Å². The molecule has 0 saturated carbocycles. The number of hydrogen-bond acceptors (Lipinski definition) is 8. The standard InChI is InChI=1S/C24H21FN8O3/c1-35-16-12-17(21(25)19(13-16)36-10-8-26)18(11-14-4-6-15(7-5-14)22(27)28)23-30-24(34)33(32-23)20-3-2-9-29-31-20/h2-7,9,12-13,18H,10-11H2,1H3,(H3,27,28)(H,30,32,34). The van der Waals surface area contributed by atoms with Crippen molar-refractivity contribution in [3.8, 4) is 23.4 Å². The van der Waals surface area contributed by atoms with E-state index in [1.807, 2.05) is 6.07 Å². The van der Waals surface area contributed by atoms with Crippen LogP contribution in [0.5, 0.6) is 11.5 Å². The summed E-state index contributed by atoms with van der Waals surface area (Å²) < 4.78 is 27.3. The minimum Gasteiger partial charge on any atom is -0.497 e. The lowest BCUT2D eigenvalue weighted by atomic mass is 9.90. The molecule has 11 nitrogen and oxygen atoms in total. The summed E-state index contributed by atoms with van der Waals surface area (Å²) in [7, 11) is 1.42. The first-order chi connectivity index (χ1) is 17.4. The van der Waals surface area contributed by atoms with Crippen LogP contribution in [0.3, 0.4) is 0 Å². The van der Waals surface area contributed by atoms with Crippen LogP contribution in [0.15, 0.2) is 59.5 Å². The largest absolute Gasteiger partial charge is 0.497 e. The summed E-state index contributed by atoms with van der Waals surface area (Å²) in [6.07, 6.45) is 1.68. The zero-order chi connectivity index (χ0) is 25.7. The lowest BCUT2D eigenvalue weighted by molar-refractivity contribution is 0.337. The summed E-state index contributed by atoms with van der Waals surface area (Å²) in [5.41, 5.74) is 6.41. The van der Waals surface area contributed by atoms with Crippen molar-refractivity contribution in [2.75, 3.05) is 13.7 Å². The van der Waals surface area contributed by atoms with E-state index in [4.69, 9.17) is 25.9 Å². The summed E-state index contributed by atoms with van der Waals surface area (Å²) >= 11 is 0. The van der Waals surface area contributed by atoms with Gasteiger partial charge < -0.3 is 15.2 Å². The van der Waals surface area contributed by atoms with E-state index in [2.05, 4.69) is 20.3 Å². The second-order valence-corrected chi connectivity index (χ2v) is 7.65. The molecule has 0 fully saturated rings. The van der Waals surface area contributed by atoms with Gasteiger partial charge in [-0.1, -0.05) is 24.3 Å². The average molecular weight is 488 g/mol. The number of ether oxygens (including phenoxy) is 2. The molecule has 0 aliphatic carbocycles. The third kappa shape index (κ3) is 5.05. The molecule has 2 heterocycles. The summed E-state index contributed by atoms with van der Waals surface area (Å²) in [4.78, 5) is 15.4. The maximum atomic E-state index is 15.7. The van der Waals surface area contributed by atoms with Gasteiger partial charge in [-0.2, -0.15) is 15.0 Å². The number of nitrogens with zero attached hydrogens (tertiary/aromatic N) is 5. The Hall–Kier alpha value is -5.05. The number of aromatic amines is 1. The number of benzene rings is 2. The third-order valence-electron chi connectivity index (χ3n) is 5.39. The minimum absolute atomic E-state index is 0.0803. The molecular formula is C24H21FN8O3. The SMILES string of the molecule is COc1cc(OCC#N)c(F)c(C(Cc2ccc(C(=N)N)cc2)c2nn(-c3cccnn3)c(=O)[nH]2)c1. The topological polar surface area (TPSA) is 169 Å². The van der Waals surface area contributed by atoms with Crippen LogP contribution in [0.4, 0.5) is 4.39 Å². The molecule has 1 atom stereocenters. The molecule has 4 rings (SSSR count). The number of nitrogens with one attached hydrogen (secondary N) is 2. The molecule has 0 saturated heterocycles. The smallest absolute Gasteiger partial charge is 0.349 e. The molecule has 0 spiro atoms. The lowest BCUT2D eigenvalue weighted by Crippen LogP contribution is -2.17. The second kappa shape index (κ2) is 10.5. The van der Waals surface area contributed by atoms with Crippen molar-refractivity contribution in [1.82, 2.24) is 25.0 Å². The van der Waals surface area contributed by atoms with Gasteiger partial charge in [0.05, 0.1) is 13.0 Å². The number of nitrogen functional groups attached to an aromatic ring is 1. The average Bonchev–Trinajstić information content (AvgIpc) is 3.28. The quantitative estimate of drug-likeness (QED) is 0.237. The van der Waals surface area contributed by atoms with E-state index in [0.717, 1.165) is 10.2 Å². The number of amidine groups is 1. The molecule has 0 radical (unpaired) electrons. The van der Waals surface area contributed by atoms with Gasteiger partial charge in [0.15, 0.2) is 24.0 Å². The number of aromatic nitrogens is 5. The Kier molecular flexibility index (Phi) is 7.01. The van der Waals surface area contributed by atoms with Gasteiger partial charge in [0, 0.05) is 23.4 Å². The van der Waals surface area contributed by atoms with Gasteiger partial charge >= 0.3 is 5.69 Å². The Morgan fingerprint density at radius 2 is 2.08 bits per heavy atom. The zero-order valence-electron chi connectivity index (χ0n) is 19.1. The van der Waals surface area contributed by atoms with Crippen LogP contribution in [0.25, 0.3) is 5.82 Å². The van der Waals surface area contributed by atoms with Crippen molar-refractivity contribution in [1.29, 1.82) is 10.7 Å². The van der Waals surface area contributed by atoms with Gasteiger partial charge in [0.1, 0.15) is 23.5 Å². The molecule has 2 aromatic carbocycles. The second-order valence-electron chi connectivity index (χ2n) is 7.65. The molecule has 1 unspecified atom stereocenters. The van der Waals surface area contributed by atoms with Gasteiger partial charge in [-0.15, -0.1) is 10.2 Å². The monoisotopic (exact) mass is 488 g/mol. The van der Waals surface area contributed by atoms with Crippen LogP contribution in [0.2, 0.25) is 0 Å². The Bertz CT molecular complexity index is 1480. The predicted molar refractivity (Wildman–Crippen MR) is 127 cm³/mol. The molecule has 4 N–H and O–H groups in total.